The zero-order valence-corrected chi connectivity index (χ0v) is 12.5. The van der Waals surface area contributed by atoms with Crippen molar-refractivity contribution in [3.05, 3.63) is 59.4 Å². The van der Waals surface area contributed by atoms with E-state index in [0.29, 0.717) is 19.5 Å². The Morgan fingerprint density at radius 1 is 1.10 bits per heavy atom. The highest BCUT2D eigenvalue weighted by Gasteiger charge is 2.06. The van der Waals surface area contributed by atoms with Gasteiger partial charge in [0.25, 0.3) is 0 Å². The topological polar surface area (TPSA) is 54.0 Å². The molecule has 0 aliphatic heterocycles. The monoisotopic (exact) mass is 283 g/mol. The molecule has 0 fully saturated rings. The second-order valence-corrected chi connectivity index (χ2v) is 5.06. The first-order valence-electron chi connectivity index (χ1n) is 7.13. The highest BCUT2D eigenvalue weighted by atomic mass is 16.1. The number of anilines is 1. The second kappa shape index (κ2) is 7.55. The highest BCUT2D eigenvalue weighted by molar-refractivity contribution is 5.92. The average Bonchev–Trinajstić information content (AvgIpc) is 2.49. The average molecular weight is 283 g/mol. The van der Waals surface area contributed by atoms with Gasteiger partial charge in [-0.05, 0) is 37.1 Å². The Hall–Kier alpha value is -2.20. The maximum atomic E-state index is 12.0. The van der Waals surface area contributed by atoms with Crippen molar-refractivity contribution in [1.82, 2.24) is 10.3 Å². The van der Waals surface area contributed by atoms with E-state index in [9.17, 15) is 4.79 Å². The normalized spacial score (nSPS) is 10.4. The summed E-state index contributed by atoms with van der Waals surface area (Å²) in [5.41, 5.74) is 4.08. The summed E-state index contributed by atoms with van der Waals surface area (Å²) in [5.74, 6) is 0.0286. The first-order chi connectivity index (χ1) is 10.2. The molecule has 0 bridgehead atoms. The lowest BCUT2D eigenvalue weighted by atomic mass is 10.1. The van der Waals surface area contributed by atoms with E-state index in [-0.39, 0.29) is 5.91 Å². The summed E-state index contributed by atoms with van der Waals surface area (Å²) in [6.07, 6.45) is 2.21. The van der Waals surface area contributed by atoms with Gasteiger partial charge >= 0.3 is 0 Å². The van der Waals surface area contributed by atoms with Crippen molar-refractivity contribution in [1.29, 1.82) is 0 Å². The Bertz CT molecular complexity index is 576. The number of aromatic nitrogens is 1. The van der Waals surface area contributed by atoms with Crippen LogP contribution in [0.5, 0.6) is 0 Å². The lowest BCUT2D eigenvalue weighted by Crippen LogP contribution is -2.22. The fraction of sp³-hybridized carbons (Fsp3) is 0.294. The standard InChI is InChI=1S/C17H21N3O/c1-13-6-5-7-14(2)17(13)20-16(21)9-11-18-12-15-8-3-4-10-19-15/h3-8,10,18H,9,11-12H2,1-2H3,(H,20,21). The Labute approximate surface area is 125 Å². The molecular weight excluding hydrogens is 262 g/mol. The van der Waals surface area contributed by atoms with E-state index in [1.54, 1.807) is 6.20 Å². The third-order valence-electron chi connectivity index (χ3n) is 3.31. The molecule has 21 heavy (non-hydrogen) atoms. The Kier molecular flexibility index (Phi) is 5.46. The molecule has 1 heterocycles. The van der Waals surface area contributed by atoms with Gasteiger partial charge < -0.3 is 10.6 Å². The molecule has 1 aromatic heterocycles. The van der Waals surface area contributed by atoms with Gasteiger partial charge in [-0.25, -0.2) is 0 Å². The Balaban J connectivity index is 1.75. The summed E-state index contributed by atoms with van der Waals surface area (Å²) in [6, 6.07) is 11.8. The van der Waals surface area contributed by atoms with Crippen LogP contribution in [0.4, 0.5) is 5.69 Å². The molecule has 0 saturated carbocycles. The van der Waals surface area contributed by atoms with Crippen molar-refractivity contribution in [3.8, 4) is 0 Å². The van der Waals surface area contributed by atoms with E-state index < -0.39 is 0 Å². The summed E-state index contributed by atoms with van der Waals surface area (Å²) < 4.78 is 0. The van der Waals surface area contributed by atoms with Gasteiger partial charge in [-0.15, -0.1) is 0 Å². The van der Waals surface area contributed by atoms with Crippen molar-refractivity contribution in [3.63, 3.8) is 0 Å². The third-order valence-corrected chi connectivity index (χ3v) is 3.31. The van der Waals surface area contributed by atoms with Gasteiger partial charge in [0.1, 0.15) is 0 Å². The lowest BCUT2D eigenvalue weighted by molar-refractivity contribution is -0.116. The van der Waals surface area contributed by atoms with Crippen LogP contribution in [0, 0.1) is 13.8 Å². The molecule has 1 amide bonds. The zero-order valence-electron chi connectivity index (χ0n) is 12.5. The molecule has 4 heteroatoms. The number of hydrogen-bond acceptors (Lipinski definition) is 3. The fourth-order valence-corrected chi connectivity index (χ4v) is 2.13. The number of nitrogens with zero attached hydrogens (tertiary/aromatic N) is 1. The van der Waals surface area contributed by atoms with Gasteiger partial charge in [-0.2, -0.15) is 0 Å². The van der Waals surface area contributed by atoms with E-state index in [1.165, 1.54) is 0 Å². The highest BCUT2D eigenvalue weighted by Crippen LogP contribution is 2.19. The number of nitrogens with one attached hydrogen (secondary N) is 2. The van der Waals surface area contributed by atoms with Crippen molar-refractivity contribution in [2.24, 2.45) is 0 Å². The van der Waals surface area contributed by atoms with Crippen LogP contribution in [0.2, 0.25) is 0 Å². The number of rotatable bonds is 6. The van der Waals surface area contributed by atoms with Crippen LogP contribution >= 0.6 is 0 Å². The van der Waals surface area contributed by atoms with Crippen molar-refractivity contribution >= 4 is 11.6 Å². The van der Waals surface area contributed by atoms with Crippen LogP contribution < -0.4 is 10.6 Å². The molecule has 0 saturated heterocycles. The van der Waals surface area contributed by atoms with E-state index >= 15 is 0 Å². The molecule has 4 nitrogen and oxygen atoms in total. The molecule has 0 radical (unpaired) electrons. The van der Waals surface area contributed by atoms with Crippen molar-refractivity contribution < 1.29 is 4.79 Å². The first-order valence-corrected chi connectivity index (χ1v) is 7.13. The molecular formula is C17H21N3O. The number of carbonyl (C=O) groups is 1. The number of aryl methyl sites for hydroxylation is 2. The third kappa shape index (κ3) is 4.68. The van der Waals surface area contributed by atoms with E-state index in [2.05, 4.69) is 15.6 Å². The van der Waals surface area contributed by atoms with Gasteiger partial charge in [0.2, 0.25) is 5.91 Å². The van der Waals surface area contributed by atoms with Gasteiger partial charge in [0.05, 0.1) is 5.69 Å². The maximum absolute atomic E-state index is 12.0. The first kappa shape index (κ1) is 15.2. The summed E-state index contributed by atoms with van der Waals surface area (Å²) in [5, 5.41) is 6.21. The molecule has 110 valence electrons. The molecule has 0 aliphatic rings. The fourth-order valence-electron chi connectivity index (χ4n) is 2.13. The van der Waals surface area contributed by atoms with Crippen LogP contribution in [0.1, 0.15) is 23.2 Å². The SMILES string of the molecule is Cc1cccc(C)c1NC(=O)CCNCc1ccccn1. The van der Waals surface area contributed by atoms with Crippen LogP contribution in [0.25, 0.3) is 0 Å². The number of hydrogen-bond donors (Lipinski definition) is 2. The molecule has 0 aliphatic carbocycles. The van der Waals surface area contributed by atoms with Gasteiger partial charge in [-0.3, -0.25) is 9.78 Å². The Morgan fingerprint density at radius 2 is 1.86 bits per heavy atom. The number of amides is 1. The number of pyridine rings is 1. The smallest absolute Gasteiger partial charge is 0.225 e. The molecule has 2 N–H and O–H groups in total. The van der Waals surface area contributed by atoms with Crippen molar-refractivity contribution in [2.75, 3.05) is 11.9 Å². The summed E-state index contributed by atoms with van der Waals surface area (Å²) >= 11 is 0. The quantitative estimate of drug-likeness (QED) is 0.802. The molecule has 2 rings (SSSR count). The summed E-state index contributed by atoms with van der Waals surface area (Å²) in [6.45, 7) is 5.31. The molecule has 0 unspecified atom stereocenters. The second-order valence-electron chi connectivity index (χ2n) is 5.06. The molecule has 2 aromatic rings. The van der Waals surface area contributed by atoms with Gasteiger partial charge in [0.15, 0.2) is 0 Å². The van der Waals surface area contributed by atoms with Crippen LogP contribution in [0.3, 0.4) is 0 Å². The minimum Gasteiger partial charge on any atom is -0.326 e. The maximum Gasteiger partial charge on any atom is 0.225 e. The Morgan fingerprint density at radius 3 is 2.52 bits per heavy atom. The predicted molar refractivity (Wildman–Crippen MR) is 85.1 cm³/mol. The van der Waals surface area contributed by atoms with Crippen LogP contribution in [-0.2, 0) is 11.3 Å². The molecule has 0 atom stereocenters. The van der Waals surface area contributed by atoms with Gasteiger partial charge in [-0.1, -0.05) is 24.3 Å². The largest absolute Gasteiger partial charge is 0.326 e. The lowest BCUT2D eigenvalue weighted by Gasteiger charge is -2.11. The number of carbonyl (C=O) groups excluding carboxylic acids is 1. The van der Waals surface area contributed by atoms with Gasteiger partial charge in [0, 0.05) is 31.4 Å². The van der Waals surface area contributed by atoms with Crippen molar-refractivity contribution in [2.45, 2.75) is 26.8 Å². The van der Waals surface area contributed by atoms with E-state index in [4.69, 9.17) is 0 Å². The van der Waals surface area contributed by atoms with Crippen LogP contribution in [0.15, 0.2) is 42.6 Å². The molecule has 1 aromatic carbocycles. The predicted octanol–water partition coefficient (Wildman–Crippen LogP) is 2.82. The van der Waals surface area contributed by atoms with Crippen LogP contribution in [-0.4, -0.2) is 17.4 Å². The molecule has 0 spiro atoms. The summed E-state index contributed by atoms with van der Waals surface area (Å²) in [4.78, 5) is 16.2. The van der Waals surface area contributed by atoms with E-state index in [1.807, 2.05) is 50.2 Å². The minimum atomic E-state index is 0.0286. The number of benzene rings is 1. The minimum absolute atomic E-state index is 0.0286. The van der Waals surface area contributed by atoms with E-state index in [0.717, 1.165) is 22.5 Å². The number of para-hydroxylation sites is 1. The zero-order chi connectivity index (χ0) is 15.1. The summed E-state index contributed by atoms with van der Waals surface area (Å²) in [7, 11) is 0.